The van der Waals surface area contributed by atoms with Gasteiger partial charge < -0.3 is 25.5 Å². The molecule has 7 heteroatoms. The fraction of sp³-hybridized carbons (Fsp3) is 0.818. The lowest BCUT2D eigenvalue weighted by Gasteiger charge is -2.29. The van der Waals surface area contributed by atoms with Crippen molar-refractivity contribution in [2.45, 2.75) is 37.8 Å². The molecule has 1 fully saturated rings. The Morgan fingerprint density at radius 3 is 2.56 bits per heavy atom. The largest absolute Gasteiger partial charge is 0.480 e. The van der Waals surface area contributed by atoms with E-state index in [4.69, 9.17) is 10.2 Å². The molecular weight excluding hydrogens is 240 g/mol. The van der Waals surface area contributed by atoms with E-state index >= 15 is 0 Å². The maximum atomic E-state index is 11.9. The smallest absolute Gasteiger partial charge is 0.328 e. The number of carboxylic acids is 1. The molecule has 0 saturated carbocycles. The molecule has 0 aromatic carbocycles. The highest BCUT2D eigenvalue weighted by molar-refractivity contribution is 5.82. The zero-order valence-corrected chi connectivity index (χ0v) is 10.2. The molecule has 1 heterocycles. The summed E-state index contributed by atoms with van der Waals surface area (Å²) in [5.41, 5.74) is 0. The number of hydrogen-bond donors (Lipinski definition) is 4. The fourth-order valence-electron chi connectivity index (χ4n) is 2.05. The third-order valence-electron chi connectivity index (χ3n) is 3.13. The van der Waals surface area contributed by atoms with Gasteiger partial charge in [0.1, 0.15) is 0 Å². The van der Waals surface area contributed by atoms with E-state index in [9.17, 15) is 14.7 Å². The maximum absolute atomic E-state index is 11.9. The highest BCUT2D eigenvalue weighted by Gasteiger charge is 2.28. The molecule has 1 unspecified atom stereocenters. The zero-order chi connectivity index (χ0) is 13.5. The summed E-state index contributed by atoms with van der Waals surface area (Å²) in [5.74, 6) is -1.28. The first-order valence-corrected chi connectivity index (χ1v) is 6.11. The quantitative estimate of drug-likeness (QED) is 0.538. The van der Waals surface area contributed by atoms with Gasteiger partial charge in [-0.25, -0.2) is 9.59 Å². The van der Waals surface area contributed by atoms with E-state index in [-0.39, 0.29) is 12.6 Å². The maximum Gasteiger partial charge on any atom is 0.328 e. The van der Waals surface area contributed by atoms with Gasteiger partial charge in [0.2, 0.25) is 0 Å². The lowest BCUT2D eigenvalue weighted by molar-refractivity contribution is -0.140. The van der Waals surface area contributed by atoms with Crippen molar-refractivity contribution in [1.82, 2.24) is 10.2 Å². The zero-order valence-electron chi connectivity index (χ0n) is 10.2. The van der Waals surface area contributed by atoms with E-state index in [1.54, 1.807) is 0 Å². The number of carbonyl (C=O) groups is 2. The molecular formula is C11H20N2O5. The van der Waals surface area contributed by atoms with E-state index in [0.29, 0.717) is 13.0 Å². The molecule has 4 N–H and O–H groups in total. The van der Waals surface area contributed by atoms with Crippen LogP contribution in [0.3, 0.4) is 0 Å². The molecule has 0 aliphatic carbocycles. The molecule has 1 rings (SSSR count). The minimum absolute atomic E-state index is 0.135. The molecule has 1 saturated heterocycles. The molecule has 18 heavy (non-hydrogen) atoms. The minimum atomic E-state index is -1.31. The molecule has 0 spiro atoms. The van der Waals surface area contributed by atoms with Gasteiger partial charge >= 0.3 is 12.0 Å². The van der Waals surface area contributed by atoms with E-state index in [1.807, 2.05) is 0 Å². The molecule has 0 radical (unpaired) electrons. The van der Waals surface area contributed by atoms with Crippen molar-refractivity contribution in [1.29, 1.82) is 0 Å². The number of rotatable bonds is 4. The highest BCUT2D eigenvalue weighted by atomic mass is 16.4. The van der Waals surface area contributed by atoms with E-state index in [1.165, 1.54) is 4.90 Å². The predicted octanol–water partition coefficient (Wildman–Crippen LogP) is -0.622. The fourth-order valence-corrected chi connectivity index (χ4v) is 2.05. The topological polar surface area (TPSA) is 110 Å². The van der Waals surface area contributed by atoms with Gasteiger partial charge in [-0.05, 0) is 12.8 Å². The summed E-state index contributed by atoms with van der Waals surface area (Å²) in [4.78, 5) is 24.1. The van der Waals surface area contributed by atoms with Crippen molar-refractivity contribution in [3.63, 3.8) is 0 Å². The average Bonchev–Trinajstić information content (AvgIpc) is 2.60. The Balaban J connectivity index is 2.64. The number of hydrogen-bond acceptors (Lipinski definition) is 4. The van der Waals surface area contributed by atoms with Crippen LogP contribution in [0.1, 0.15) is 25.7 Å². The number of aliphatic carboxylic acids is 1. The monoisotopic (exact) mass is 260 g/mol. The summed E-state index contributed by atoms with van der Waals surface area (Å²) in [6.45, 7) is -0.294. The van der Waals surface area contributed by atoms with Crippen LogP contribution in [-0.4, -0.2) is 64.1 Å². The molecule has 1 aliphatic heterocycles. The second kappa shape index (κ2) is 7.17. The molecule has 1 aliphatic rings. The predicted molar refractivity (Wildman–Crippen MR) is 63.1 cm³/mol. The van der Waals surface area contributed by atoms with Gasteiger partial charge in [0.25, 0.3) is 0 Å². The van der Waals surface area contributed by atoms with Gasteiger partial charge in [0.15, 0.2) is 6.04 Å². The Bertz CT molecular complexity index is 297. The van der Waals surface area contributed by atoms with Crippen LogP contribution >= 0.6 is 0 Å². The summed E-state index contributed by atoms with van der Waals surface area (Å²) >= 11 is 0. The van der Waals surface area contributed by atoms with Crippen LogP contribution in [0.5, 0.6) is 0 Å². The molecule has 0 aromatic rings. The van der Waals surface area contributed by atoms with Crippen molar-refractivity contribution in [2.24, 2.45) is 0 Å². The van der Waals surface area contributed by atoms with Crippen molar-refractivity contribution < 1.29 is 24.9 Å². The van der Waals surface area contributed by atoms with Gasteiger partial charge in [-0.2, -0.15) is 0 Å². The summed E-state index contributed by atoms with van der Waals surface area (Å²) in [6, 6.07) is -2.13. The Labute approximate surface area is 105 Å². The number of nitrogens with zero attached hydrogens (tertiary/aromatic N) is 1. The van der Waals surface area contributed by atoms with Gasteiger partial charge in [-0.1, -0.05) is 12.8 Å². The first-order chi connectivity index (χ1) is 8.60. The second-order valence-corrected chi connectivity index (χ2v) is 4.40. The number of nitrogens with one attached hydrogen (secondary N) is 1. The lowest BCUT2D eigenvalue weighted by atomic mass is 10.1. The third-order valence-corrected chi connectivity index (χ3v) is 3.13. The molecule has 0 bridgehead atoms. The Kier molecular flexibility index (Phi) is 5.87. The molecule has 7 nitrogen and oxygen atoms in total. The van der Waals surface area contributed by atoms with Crippen molar-refractivity contribution in [3.8, 4) is 0 Å². The van der Waals surface area contributed by atoms with Crippen LogP contribution in [0, 0.1) is 0 Å². The number of carbonyl (C=O) groups excluding carboxylic acids is 1. The second-order valence-electron chi connectivity index (χ2n) is 4.40. The van der Waals surface area contributed by atoms with Gasteiger partial charge in [-0.15, -0.1) is 0 Å². The van der Waals surface area contributed by atoms with E-state index < -0.39 is 24.6 Å². The van der Waals surface area contributed by atoms with Gasteiger partial charge in [-0.3, -0.25) is 0 Å². The number of urea groups is 1. The summed E-state index contributed by atoms with van der Waals surface area (Å²) in [5, 5.41) is 29.1. The number of carboxylic acid groups (broad SMARTS) is 1. The minimum Gasteiger partial charge on any atom is -0.480 e. The average molecular weight is 260 g/mol. The highest BCUT2D eigenvalue weighted by Crippen LogP contribution is 2.16. The van der Waals surface area contributed by atoms with Gasteiger partial charge in [0.05, 0.1) is 19.3 Å². The first kappa shape index (κ1) is 14.7. The van der Waals surface area contributed by atoms with Crippen LogP contribution in [-0.2, 0) is 4.79 Å². The van der Waals surface area contributed by atoms with Crippen LogP contribution in [0.2, 0.25) is 0 Å². The van der Waals surface area contributed by atoms with Crippen LogP contribution in [0.25, 0.3) is 0 Å². The Morgan fingerprint density at radius 2 is 2.00 bits per heavy atom. The standard InChI is InChI=1S/C11H20N2O5/c14-6-8-4-2-1-3-5-13(8)11(18)12-9(7-15)10(16)17/h8-9,14-15H,1-7H2,(H,12,18)(H,16,17)/t8?,9-/m0/s1. The van der Waals surface area contributed by atoms with Crippen molar-refractivity contribution in [3.05, 3.63) is 0 Å². The van der Waals surface area contributed by atoms with E-state index in [0.717, 1.165) is 19.3 Å². The number of amides is 2. The molecule has 0 aromatic heterocycles. The van der Waals surface area contributed by atoms with E-state index in [2.05, 4.69) is 5.32 Å². The molecule has 2 amide bonds. The van der Waals surface area contributed by atoms with Crippen molar-refractivity contribution in [2.75, 3.05) is 19.8 Å². The summed E-state index contributed by atoms with van der Waals surface area (Å²) in [6.07, 6.45) is 3.47. The number of aliphatic hydroxyl groups excluding tert-OH is 2. The normalized spacial score (nSPS) is 22.1. The molecule has 2 atom stereocenters. The van der Waals surface area contributed by atoms with Crippen LogP contribution in [0.4, 0.5) is 4.79 Å². The van der Waals surface area contributed by atoms with Crippen LogP contribution in [0.15, 0.2) is 0 Å². The summed E-state index contributed by atoms with van der Waals surface area (Å²) < 4.78 is 0. The summed E-state index contributed by atoms with van der Waals surface area (Å²) in [7, 11) is 0. The Hall–Kier alpha value is -1.34. The third kappa shape index (κ3) is 3.85. The van der Waals surface area contributed by atoms with Crippen LogP contribution < -0.4 is 5.32 Å². The number of likely N-dealkylation sites (tertiary alicyclic amines) is 1. The SMILES string of the molecule is O=C(O)[C@H](CO)NC(=O)N1CCCCCC1CO. The van der Waals surface area contributed by atoms with Gasteiger partial charge in [0, 0.05) is 6.54 Å². The molecule has 104 valence electrons. The lowest BCUT2D eigenvalue weighted by Crippen LogP contribution is -2.53. The first-order valence-electron chi connectivity index (χ1n) is 6.11. The number of aliphatic hydroxyl groups is 2. The Morgan fingerprint density at radius 1 is 1.28 bits per heavy atom. The van der Waals surface area contributed by atoms with Crippen molar-refractivity contribution >= 4 is 12.0 Å².